The molecule has 7 heteroatoms. The normalized spacial score (nSPS) is 24.9. The van der Waals surface area contributed by atoms with Crippen molar-refractivity contribution in [2.75, 3.05) is 20.8 Å². The number of carbonyl (C=O) groups excluding carboxylic acids is 2. The van der Waals surface area contributed by atoms with E-state index in [9.17, 15) is 9.59 Å². The summed E-state index contributed by atoms with van der Waals surface area (Å²) in [4.78, 5) is 27.3. The number of hydrogen-bond donors (Lipinski definition) is 2. The SMILES string of the molecule is COc1ccc(Br)cc1C[NH+](C)CN1C(=O)N[C@](C)(C2CC2)C1=O. The van der Waals surface area contributed by atoms with Crippen LogP contribution in [0.5, 0.6) is 5.75 Å². The second-order valence-electron chi connectivity index (χ2n) is 6.89. The standard InChI is InChI=1S/C17H22BrN3O3/c1-17(12-4-5-12)15(22)21(16(23)19-17)10-20(2)9-11-8-13(18)6-7-14(11)24-3/h6-8,12H,4-5,9-10H2,1-3H3,(H,19,23)/p+1/t17-/m1/s1. The monoisotopic (exact) mass is 396 g/mol. The molecule has 130 valence electrons. The predicted octanol–water partition coefficient (Wildman–Crippen LogP) is 1.15. The molecule has 1 aliphatic carbocycles. The van der Waals surface area contributed by atoms with Crippen LogP contribution in [0.2, 0.25) is 0 Å². The van der Waals surface area contributed by atoms with Gasteiger partial charge in [-0.1, -0.05) is 15.9 Å². The number of hydrogen-bond acceptors (Lipinski definition) is 3. The minimum absolute atomic E-state index is 0.101. The third kappa shape index (κ3) is 3.15. The van der Waals surface area contributed by atoms with Crippen molar-refractivity contribution in [2.45, 2.75) is 31.8 Å². The van der Waals surface area contributed by atoms with E-state index >= 15 is 0 Å². The van der Waals surface area contributed by atoms with Crippen molar-refractivity contribution in [2.24, 2.45) is 5.92 Å². The molecule has 0 aromatic heterocycles. The summed E-state index contributed by atoms with van der Waals surface area (Å²) in [7, 11) is 3.61. The predicted molar refractivity (Wildman–Crippen MR) is 92.7 cm³/mol. The third-order valence-corrected chi connectivity index (χ3v) is 5.35. The number of quaternary nitrogens is 1. The zero-order valence-electron chi connectivity index (χ0n) is 14.2. The molecule has 1 heterocycles. The Labute approximate surface area is 150 Å². The Morgan fingerprint density at radius 2 is 2.12 bits per heavy atom. The molecule has 0 spiro atoms. The molecule has 1 aromatic carbocycles. The van der Waals surface area contributed by atoms with Gasteiger partial charge in [0.1, 0.15) is 17.8 Å². The van der Waals surface area contributed by atoms with Crippen molar-refractivity contribution in [3.05, 3.63) is 28.2 Å². The molecule has 3 amide bonds. The molecule has 3 rings (SSSR count). The fourth-order valence-corrected chi connectivity index (χ4v) is 3.74. The maximum atomic E-state index is 12.7. The van der Waals surface area contributed by atoms with Crippen LogP contribution in [-0.2, 0) is 11.3 Å². The molecule has 1 saturated heterocycles. The molecule has 6 nitrogen and oxygen atoms in total. The van der Waals surface area contributed by atoms with E-state index in [-0.39, 0.29) is 17.9 Å². The molecule has 1 aliphatic heterocycles. The summed E-state index contributed by atoms with van der Waals surface area (Å²) in [6.07, 6.45) is 2.02. The molecule has 0 bridgehead atoms. The fraction of sp³-hybridized carbons (Fsp3) is 0.529. The smallest absolute Gasteiger partial charge is 0.329 e. The molecule has 1 saturated carbocycles. The number of carbonyl (C=O) groups is 2. The number of benzene rings is 1. The number of ether oxygens (including phenoxy) is 1. The number of urea groups is 1. The number of rotatable bonds is 6. The first-order valence-corrected chi connectivity index (χ1v) is 8.92. The van der Waals surface area contributed by atoms with Crippen LogP contribution in [-0.4, -0.2) is 43.2 Å². The third-order valence-electron chi connectivity index (χ3n) is 4.86. The fourth-order valence-electron chi connectivity index (χ4n) is 3.33. The topological polar surface area (TPSA) is 63.1 Å². The van der Waals surface area contributed by atoms with E-state index in [0.717, 1.165) is 33.5 Å². The van der Waals surface area contributed by atoms with Crippen LogP contribution in [0.15, 0.2) is 22.7 Å². The van der Waals surface area contributed by atoms with E-state index < -0.39 is 5.54 Å². The second kappa shape index (κ2) is 6.37. The van der Waals surface area contributed by atoms with Gasteiger partial charge < -0.3 is 15.0 Å². The number of nitrogens with one attached hydrogen (secondary N) is 2. The maximum absolute atomic E-state index is 12.7. The molecule has 2 N–H and O–H groups in total. The van der Waals surface area contributed by atoms with E-state index in [1.54, 1.807) is 7.11 Å². The molecular formula is C17H23BrN3O3+. The van der Waals surface area contributed by atoms with Crippen molar-refractivity contribution < 1.29 is 19.2 Å². The van der Waals surface area contributed by atoms with Crippen molar-refractivity contribution in [3.63, 3.8) is 0 Å². The molecule has 2 aliphatic rings. The first-order chi connectivity index (χ1) is 11.3. The highest BCUT2D eigenvalue weighted by molar-refractivity contribution is 9.10. The van der Waals surface area contributed by atoms with Gasteiger partial charge in [-0.25, -0.2) is 9.69 Å². The van der Waals surface area contributed by atoms with Crippen LogP contribution in [0.3, 0.4) is 0 Å². The van der Waals surface area contributed by atoms with Crippen LogP contribution in [0.25, 0.3) is 0 Å². The van der Waals surface area contributed by atoms with E-state index in [4.69, 9.17) is 4.74 Å². The summed E-state index contributed by atoms with van der Waals surface area (Å²) in [6, 6.07) is 5.55. The van der Waals surface area contributed by atoms with Gasteiger partial charge in [0, 0.05) is 10.0 Å². The first-order valence-electron chi connectivity index (χ1n) is 8.13. The van der Waals surface area contributed by atoms with Crippen molar-refractivity contribution in [1.29, 1.82) is 0 Å². The Balaban J connectivity index is 1.69. The van der Waals surface area contributed by atoms with Crippen molar-refractivity contribution in [1.82, 2.24) is 10.2 Å². The highest BCUT2D eigenvalue weighted by Gasteiger charge is 2.56. The average Bonchev–Trinajstić information content (AvgIpc) is 3.34. The molecule has 2 fully saturated rings. The highest BCUT2D eigenvalue weighted by Crippen LogP contribution is 2.42. The number of amides is 3. The van der Waals surface area contributed by atoms with E-state index in [0.29, 0.717) is 13.2 Å². The Bertz CT molecular complexity index is 677. The van der Waals surface area contributed by atoms with Gasteiger partial charge in [-0.05, 0) is 43.9 Å². The van der Waals surface area contributed by atoms with Gasteiger partial charge in [0.15, 0.2) is 6.67 Å². The largest absolute Gasteiger partial charge is 0.496 e. The van der Waals surface area contributed by atoms with E-state index in [1.807, 2.05) is 32.2 Å². The Hall–Kier alpha value is -1.60. The van der Waals surface area contributed by atoms with Gasteiger partial charge in [-0.15, -0.1) is 0 Å². The molecular weight excluding hydrogens is 374 g/mol. The lowest BCUT2D eigenvalue weighted by Crippen LogP contribution is -3.09. The lowest BCUT2D eigenvalue weighted by Gasteiger charge is -2.23. The molecule has 1 aromatic rings. The molecule has 24 heavy (non-hydrogen) atoms. The molecule has 2 atom stereocenters. The number of nitrogens with zero attached hydrogens (tertiary/aromatic N) is 1. The maximum Gasteiger partial charge on any atom is 0.329 e. The van der Waals surface area contributed by atoms with Crippen LogP contribution in [0.4, 0.5) is 4.79 Å². The van der Waals surface area contributed by atoms with Gasteiger partial charge >= 0.3 is 6.03 Å². The first kappa shape index (κ1) is 17.2. The summed E-state index contributed by atoms with van der Waals surface area (Å²) in [5.41, 5.74) is 0.312. The van der Waals surface area contributed by atoms with Crippen LogP contribution in [0, 0.1) is 5.92 Å². The summed E-state index contributed by atoms with van der Waals surface area (Å²) < 4.78 is 6.37. The van der Waals surface area contributed by atoms with Crippen molar-refractivity contribution in [3.8, 4) is 5.75 Å². The van der Waals surface area contributed by atoms with Crippen LogP contribution >= 0.6 is 15.9 Å². The lowest BCUT2D eigenvalue weighted by molar-refractivity contribution is -0.901. The minimum atomic E-state index is -0.717. The van der Waals surface area contributed by atoms with Gasteiger partial charge in [-0.3, -0.25) is 4.79 Å². The van der Waals surface area contributed by atoms with Gasteiger partial charge in [-0.2, -0.15) is 0 Å². The average molecular weight is 397 g/mol. The zero-order chi connectivity index (χ0) is 17.5. The highest BCUT2D eigenvalue weighted by atomic mass is 79.9. The molecule has 0 radical (unpaired) electrons. The Morgan fingerprint density at radius 1 is 1.42 bits per heavy atom. The van der Waals surface area contributed by atoms with Gasteiger partial charge in [0.05, 0.1) is 14.2 Å². The number of methoxy groups -OCH3 is 1. The summed E-state index contributed by atoms with van der Waals surface area (Å²) in [5, 5.41) is 2.88. The van der Waals surface area contributed by atoms with Crippen LogP contribution < -0.4 is 15.0 Å². The zero-order valence-corrected chi connectivity index (χ0v) is 15.8. The summed E-state index contributed by atoms with van der Waals surface area (Å²) in [6.45, 7) is 2.83. The molecule has 1 unspecified atom stereocenters. The van der Waals surface area contributed by atoms with E-state index in [1.165, 1.54) is 4.90 Å². The van der Waals surface area contributed by atoms with Gasteiger partial charge in [0.2, 0.25) is 0 Å². The van der Waals surface area contributed by atoms with Gasteiger partial charge in [0.25, 0.3) is 5.91 Å². The number of halogens is 1. The number of imide groups is 1. The van der Waals surface area contributed by atoms with E-state index in [2.05, 4.69) is 21.2 Å². The van der Waals surface area contributed by atoms with Crippen LogP contribution in [0.1, 0.15) is 25.3 Å². The Morgan fingerprint density at radius 3 is 2.75 bits per heavy atom. The quantitative estimate of drug-likeness (QED) is 0.708. The second-order valence-corrected chi connectivity index (χ2v) is 7.80. The van der Waals surface area contributed by atoms with Crippen molar-refractivity contribution >= 4 is 27.9 Å². The minimum Gasteiger partial charge on any atom is -0.496 e. The Kier molecular flexibility index (Phi) is 4.57. The summed E-state index contributed by atoms with van der Waals surface area (Å²) >= 11 is 3.47. The lowest BCUT2D eigenvalue weighted by atomic mass is 9.96. The summed E-state index contributed by atoms with van der Waals surface area (Å²) in [5.74, 6) is 0.984.